The third kappa shape index (κ3) is 2.92. The Labute approximate surface area is 118 Å². The minimum atomic E-state index is 0.669. The maximum Gasteiger partial charge on any atom is 0.119 e. The van der Waals surface area contributed by atoms with Crippen molar-refractivity contribution in [2.75, 3.05) is 0 Å². The lowest BCUT2D eigenvalue weighted by Crippen LogP contribution is -2.04. The first kappa shape index (κ1) is 12.5. The Hall–Kier alpha value is -1.48. The van der Waals surface area contributed by atoms with Gasteiger partial charge in [-0.15, -0.1) is 0 Å². The summed E-state index contributed by atoms with van der Waals surface area (Å²) >= 11 is 5.01. The van der Waals surface area contributed by atoms with Crippen LogP contribution in [0.5, 0.6) is 0 Å². The molecule has 1 aromatic carbocycles. The second kappa shape index (κ2) is 5.66. The molecule has 1 fully saturated rings. The van der Waals surface area contributed by atoms with E-state index in [1.165, 1.54) is 37.7 Å². The maximum atomic E-state index is 5.01. The first-order chi connectivity index (χ1) is 9.33. The van der Waals surface area contributed by atoms with Gasteiger partial charge in [-0.2, -0.15) is 5.10 Å². The zero-order valence-corrected chi connectivity index (χ0v) is 11.7. The topological polar surface area (TPSA) is 28.7 Å². The fourth-order valence-electron chi connectivity index (χ4n) is 2.87. The van der Waals surface area contributed by atoms with Crippen LogP contribution in [-0.4, -0.2) is 10.2 Å². The second-order valence-electron chi connectivity index (χ2n) is 5.26. The van der Waals surface area contributed by atoms with E-state index < -0.39 is 0 Å². The van der Waals surface area contributed by atoms with Crippen molar-refractivity contribution in [3.8, 4) is 11.3 Å². The number of nitrogens with zero attached hydrogens (tertiary/aromatic N) is 1. The van der Waals surface area contributed by atoms with Gasteiger partial charge in [0.1, 0.15) is 4.64 Å². The van der Waals surface area contributed by atoms with E-state index in [-0.39, 0.29) is 0 Å². The Morgan fingerprint density at radius 3 is 2.32 bits per heavy atom. The number of aromatic amines is 1. The number of nitrogens with one attached hydrogen (secondary N) is 1. The molecule has 1 aliphatic rings. The summed E-state index contributed by atoms with van der Waals surface area (Å²) in [5.41, 5.74) is 3.57. The summed E-state index contributed by atoms with van der Waals surface area (Å²) < 4.78 is 0.669. The van der Waals surface area contributed by atoms with Gasteiger partial charge in [-0.1, -0.05) is 55.7 Å². The SMILES string of the molecule is S=c1ccc(-c2ccc(C3CCCCC3)cc2)n[nH]1. The lowest BCUT2D eigenvalue weighted by molar-refractivity contribution is 0.443. The summed E-state index contributed by atoms with van der Waals surface area (Å²) in [4.78, 5) is 0. The van der Waals surface area contributed by atoms with Crippen molar-refractivity contribution in [2.45, 2.75) is 38.0 Å². The summed E-state index contributed by atoms with van der Waals surface area (Å²) in [7, 11) is 0. The molecule has 19 heavy (non-hydrogen) atoms. The molecule has 1 saturated carbocycles. The highest BCUT2D eigenvalue weighted by Gasteiger charge is 2.15. The maximum absolute atomic E-state index is 5.01. The van der Waals surface area contributed by atoms with Crippen molar-refractivity contribution in [3.05, 3.63) is 46.6 Å². The van der Waals surface area contributed by atoms with E-state index in [9.17, 15) is 0 Å². The molecular weight excluding hydrogens is 252 g/mol. The fraction of sp³-hybridized carbons (Fsp3) is 0.375. The molecule has 1 aliphatic carbocycles. The summed E-state index contributed by atoms with van der Waals surface area (Å²) in [6.07, 6.45) is 6.85. The lowest BCUT2D eigenvalue weighted by atomic mass is 9.84. The van der Waals surface area contributed by atoms with E-state index in [0.29, 0.717) is 4.64 Å². The van der Waals surface area contributed by atoms with Gasteiger partial charge >= 0.3 is 0 Å². The predicted molar refractivity (Wildman–Crippen MR) is 80.7 cm³/mol. The van der Waals surface area contributed by atoms with Gasteiger partial charge in [0.15, 0.2) is 0 Å². The van der Waals surface area contributed by atoms with Gasteiger partial charge in [0.05, 0.1) is 5.69 Å². The van der Waals surface area contributed by atoms with E-state index in [2.05, 4.69) is 34.5 Å². The molecule has 2 nitrogen and oxygen atoms in total. The van der Waals surface area contributed by atoms with E-state index in [1.807, 2.05) is 12.1 Å². The van der Waals surface area contributed by atoms with Crippen LogP contribution in [0.25, 0.3) is 11.3 Å². The summed E-state index contributed by atoms with van der Waals surface area (Å²) in [6.45, 7) is 0. The smallest absolute Gasteiger partial charge is 0.119 e. The van der Waals surface area contributed by atoms with E-state index >= 15 is 0 Å². The highest BCUT2D eigenvalue weighted by Crippen LogP contribution is 2.33. The highest BCUT2D eigenvalue weighted by molar-refractivity contribution is 7.71. The number of hydrogen-bond acceptors (Lipinski definition) is 2. The van der Waals surface area contributed by atoms with Crippen LogP contribution < -0.4 is 0 Å². The fourth-order valence-corrected chi connectivity index (χ4v) is 2.98. The number of hydrogen-bond donors (Lipinski definition) is 1. The largest absolute Gasteiger partial charge is 0.267 e. The zero-order chi connectivity index (χ0) is 13.1. The van der Waals surface area contributed by atoms with Gasteiger partial charge in [0.25, 0.3) is 0 Å². The Bertz CT molecular complexity index is 574. The molecule has 0 bridgehead atoms. The molecule has 1 N–H and O–H groups in total. The van der Waals surface area contributed by atoms with Gasteiger partial charge in [0.2, 0.25) is 0 Å². The van der Waals surface area contributed by atoms with Crippen molar-refractivity contribution in [1.82, 2.24) is 10.2 Å². The highest BCUT2D eigenvalue weighted by atomic mass is 32.1. The number of benzene rings is 1. The molecule has 0 aliphatic heterocycles. The van der Waals surface area contributed by atoms with Crippen LogP contribution in [0.4, 0.5) is 0 Å². The van der Waals surface area contributed by atoms with Crippen LogP contribution in [0.3, 0.4) is 0 Å². The molecule has 1 aromatic heterocycles. The van der Waals surface area contributed by atoms with Crippen LogP contribution in [-0.2, 0) is 0 Å². The molecule has 0 amide bonds. The predicted octanol–water partition coefficient (Wildman–Crippen LogP) is 4.85. The molecular formula is C16H18N2S. The standard InChI is InChI=1S/C16H18N2S/c19-16-11-10-15(17-18-16)14-8-6-13(7-9-14)12-4-2-1-3-5-12/h6-12H,1-5H2,(H,18,19). The van der Waals surface area contributed by atoms with E-state index in [1.54, 1.807) is 0 Å². The zero-order valence-electron chi connectivity index (χ0n) is 10.9. The number of aromatic nitrogens is 2. The van der Waals surface area contributed by atoms with E-state index in [4.69, 9.17) is 12.2 Å². The van der Waals surface area contributed by atoms with Gasteiger partial charge in [-0.25, -0.2) is 0 Å². The molecule has 98 valence electrons. The van der Waals surface area contributed by atoms with Crippen molar-refractivity contribution in [1.29, 1.82) is 0 Å². The van der Waals surface area contributed by atoms with Gasteiger partial charge in [-0.3, -0.25) is 5.10 Å². The molecule has 0 saturated heterocycles. The molecule has 0 radical (unpaired) electrons. The summed E-state index contributed by atoms with van der Waals surface area (Å²) in [5, 5.41) is 7.10. The molecule has 3 rings (SSSR count). The molecule has 1 heterocycles. The summed E-state index contributed by atoms with van der Waals surface area (Å²) in [6, 6.07) is 12.7. The van der Waals surface area contributed by atoms with Crippen LogP contribution in [0.1, 0.15) is 43.6 Å². The molecule has 2 aromatic rings. The average molecular weight is 270 g/mol. The quantitative estimate of drug-likeness (QED) is 0.790. The number of rotatable bonds is 2. The van der Waals surface area contributed by atoms with Crippen molar-refractivity contribution in [3.63, 3.8) is 0 Å². The lowest BCUT2D eigenvalue weighted by Gasteiger charge is -2.22. The van der Waals surface area contributed by atoms with Gasteiger partial charge in [-0.05, 0) is 36.5 Å². The van der Waals surface area contributed by atoms with Crippen LogP contribution >= 0.6 is 12.2 Å². The monoisotopic (exact) mass is 270 g/mol. The van der Waals surface area contributed by atoms with E-state index in [0.717, 1.165) is 17.2 Å². The molecule has 0 atom stereocenters. The second-order valence-corrected chi connectivity index (χ2v) is 5.70. The molecule has 0 unspecified atom stereocenters. The van der Waals surface area contributed by atoms with Crippen LogP contribution in [0.15, 0.2) is 36.4 Å². The van der Waals surface area contributed by atoms with Crippen LogP contribution in [0.2, 0.25) is 0 Å². The van der Waals surface area contributed by atoms with Crippen LogP contribution in [0, 0.1) is 4.64 Å². The molecule has 3 heteroatoms. The third-order valence-electron chi connectivity index (χ3n) is 3.96. The Kier molecular flexibility index (Phi) is 3.74. The number of H-pyrrole nitrogens is 1. The minimum absolute atomic E-state index is 0.669. The molecule has 0 spiro atoms. The van der Waals surface area contributed by atoms with Gasteiger partial charge in [0, 0.05) is 5.56 Å². The average Bonchev–Trinajstić information content (AvgIpc) is 2.49. The Morgan fingerprint density at radius 2 is 1.68 bits per heavy atom. The van der Waals surface area contributed by atoms with Crippen molar-refractivity contribution in [2.24, 2.45) is 0 Å². The minimum Gasteiger partial charge on any atom is -0.267 e. The Balaban J connectivity index is 1.82. The normalized spacial score (nSPS) is 16.4. The van der Waals surface area contributed by atoms with Gasteiger partial charge < -0.3 is 0 Å². The first-order valence-electron chi connectivity index (χ1n) is 6.99. The first-order valence-corrected chi connectivity index (χ1v) is 7.40. The summed E-state index contributed by atoms with van der Waals surface area (Å²) in [5.74, 6) is 0.761. The van der Waals surface area contributed by atoms with Crippen molar-refractivity contribution >= 4 is 12.2 Å². The Morgan fingerprint density at radius 1 is 0.947 bits per heavy atom. The third-order valence-corrected chi connectivity index (χ3v) is 4.19. The van der Waals surface area contributed by atoms with Crippen molar-refractivity contribution < 1.29 is 0 Å².